The van der Waals surface area contributed by atoms with E-state index in [1.54, 1.807) is 0 Å². The van der Waals surface area contributed by atoms with Crippen molar-refractivity contribution in [2.24, 2.45) is 5.92 Å². The van der Waals surface area contributed by atoms with E-state index < -0.39 is 7.53 Å². The van der Waals surface area contributed by atoms with Crippen LogP contribution in [0.15, 0.2) is 60.8 Å². The van der Waals surface area contributed by atoms with Crippen LogP contribution in [0.5, 0.6) is 0 Å². The smallest absolute Gasteiger partial charge is 0.0794 e. The molecule has 0 aromatic rings. The quantitative estimate of drug-likeness (QED) is 0.0908. The largest absolute Gasteiger partial charge is 0.358 e. The molecule has 6 heteroatoms. The summed E-state index contributed by atoms with van der Waals surface area (Å²) in [6.45, 7) is 6.61. The van der Waals surface area contributed by atoms with E-state index in [-0.39, 0.29) is 12.2 Å². The summed E-state index contributed by atoms with van der Waals surface area (Å²) in [6, 6.07) is 0. The Hall–Kier alpha value is 0.340. The second-order valence-corrected chi connectivity index (χ2v) is 13.1. The zero-order valence-corrected chi connectivity index (χ0v) is 22.8. The van der Waals surface area contributed by atoms with E-state index in [0.717, 1.165) is 19.3 Å². The van der Waals surface area contributed by atoms with Gasteiger partial charge in [-0.3, -0.25) is 0 Å². The van der Waals surface area contributed by atoms with Gasteiger partial charge in [0, 0.05) is 15.4 Å². The average molecular weight is 474 g/mol. The highest BCUT2D eigenvalue weighted by atomic mass is 32.4. The normalized spacial score (nSPS) is 16.4. The molecule has 0 aromatic heterocycles. The van der Waals surface area contributed by atoms with Crippen molar-refractivity contribution in [2.45, 2.75) is 77.9 Å². The van der Waals surface area contributed by atoms with Gasteiger partial charge in [0.1, 0.15) is 0 Å². The lowest BCUT2D eigenvalue weighted by Gasteiger charge is -2.22. The monoisotopic (exact) mass is 474 g/mol. The van der Waals surface area contributed by atoms with Crippen molar-refractivity contribution in [1.82, 2.24) is 0 Å². The molecule has 0 spiro atoms. The first-order valence-electron chi connectivity index (χ1n) is 10.7. The summed E-state index contributed by atoms with van der Waals surface area (Å²) in [5.41, 5.74) is 0. The molecule has 0 saturated carbocycles. The highest BCUT2D eigenvalue weighted by Crippen LogP contribution is 2.55. The molecule has 6 unspecified atom stereocenters. The van der Waals surface area contributed by atoms with Crippen molar-refractivity contribution < 1.29 is 9.05 Å². The summed E-state index contributed by atoms with van der Waals surface area (Å²) in [4.78, 5) is 0. The van der Waals surface area contributed by atoms with Gasteiger partial charge in [-0.2, -0.15) is 0 Å². The van der Waals surface area contributed by atoms with Gasteiger partial charge >= 0.3 is 0 Å². The van der Waals surface area contributed by atoms with Crippen LogP contribution >= 0.6 is 34.8 Å². The molecule has 0 aromatic carbocycles. The second-order valence-electron chi connectivity index (χ2n) is 7.04. The molecule has 0 aliphatic rings. The van der Waals surface area contributed by atoms with Gasteiger partial charge in [0.05, 0.1) is 19.7 Å². The molecule has 29 heavy (non-hydrogen) atoms. The summed E-state index contributed by atoms with van der Waals surface area (Å²) in [6.07, 6.45) is 29.7. The Bertz CT molecular complexity index is 513. The molecular weight excluding hydrogens is 432 g/mol. The van der Waals surface area contributed by atoms with E-state index in [2.05, 4.69) is 96.7 Å². The van der Waals surface area contributed by atoms with Crippen molar-refractivity contribution in [2.75, 3.05) is 0 Å². The molecule has 0 saturated heterocycles. The fourth-order valence-electron chi connectivity index (χ4n) is 2.70. The molecule has 0 bridgehead atoms. The van der Waals surface area contributed by atoms with Crippen LogP contribution in [0.1, 0.15) is 65.7 Å². The van der Waals surface area contributed by atoms with Crippen LogP contribution in [0, 0.1) is 5.92 Å². The average Bonchev–Trinajstić information content (AvgIpc) is 2.70. The number of unbranched alkanes of at least 4 members (excludes halogenated alkanes) is 3. The van der Waals surface area contributed by atoms with Gasteiger partial charge in [0.15, 0.2) is 0 Å². The van der Waals surface area contributed by atoms with Gasteiger partial charge in [-0.15, -0.1) is 0 Å². The zero-order chi connectivity index (χ0) is 21.7. The molecule has 0 N–H and O–H groups in total. The van der Waals surface area contributed by atoms with Crippen molar-refractivity contribution in [3.05, 3.63) is 60.8 Å². The zero-order valence-electron chi connectivity index (χ0n) is 18.5. The molecule has 2 nitrogen and oxygen atoms in total. The molecule has 166 valence electrons. The Morgan fingerprint density at radius 3 is 2.10 bits per heavy atom. The maximum absolute atomic E-state index is 6.07. The fraction of sp³-hybridized carbons (Fsp3) is 0.565. The molecule has 0 rings (SSSR count). The second kappa shape index (κ2) is 21.6. The van der Waals surface area contributed by atoms with Crippen LogP contribution in [0.25, 0.3) is 0 Å². The molecular formula is C23H42O2P4. The van der Waals surface area contributed by atoms with E-state index >= 15 is 0 Å². The predicted octanol–water partition coefficient (Wildman–Crippen LogP) is 8.71. The van der Waals surface area contributed by atoms with Gasteiger partial charge in [-0.1, -0.05) is 125 Å². The number of rotatable bonds is 17. The maximum Gasteiger partial charge on any atom is 0.0794 e. The topological polar surface area (TPSA) is 18.5 Å². The van der Waals surface area contributed by atoms with Crippen molar-refractivity contribution in [3.8, 4) is 0 Å². The highest BCUT2D eigenvalue weighted by molar-refractivity contribution is 8.41. The summed E-state index contributed by atoms with van der Waals surface area (Å²) >= 11 is 0. The molecule has 0 fully saturated rings. The van der Waals surface area contributed by atoms with Crippen LogP contribution in [0.2, 0.25) is 0 Å². The number of hydrogen-bond donors (Lipinski definition) is 0. The van der Waals surface area contributed by atoms with E-state index in [4.69, 9.17) is 9.05 Å². The molecule has 0 amide bonds. The lowest BCUT2D eigenvalue weighted by molar-refractivity contribution is 0.196. The molecule has 0 aliphatic carbocycles. The van der Waals surface area contributed by atoms with Crippen LogP contribution in [0.4, 0.5) is 0 Å². The first-order valence-corrected chi connectivity index (χ1v) is 15.7. The SMILES string of the molecule is CCC=CCC(OP(P)P)C(C)C=CC=CC=CC=CC(CCCCCC)OP. The molecule has 0 aliphatic heterocycles. The standard InChI is InChI=1S/C23H42O2P4/c1-4-6-8-15-18-22(24-26)19-16-12-10-9-11-14-17-21(3)23(25-29(27)28)20-13-7-5-2/h7,9-14,16-17,19,21-23H,4-6,8,15,18,20,26-28H2,1-3H3. The Kier molecular flexibility index (Phi) is 21.8. The van der Waals surface area contributed by atoms with Crippen molar-refractivity contribution >= 4 is 34.8 Å². The number of hydrogen-bond acceptors (Lipinski definition) is 2. The molecule has 0 heterocycles. The lowest BCUT2D eigenvalue weighted by Crippen LogP contribution is -2.16. The lowest BCUT2D eigenvalue weighted by atomic mass is 10.0. The summed E-state index contributed by atoms with van der Waals surface area (Å²) in [5, 5.41) is 0. The van der Waals surface area contributed by atoms with E-state index in [1.807, 2.05) is 12.2 Å². The number of allylic oxidation sites excluding steroid dienone is 7. The third-order valence-electron chi connectivity index (χ3n) is 4.43. The Labute approximate surface area is 188 Å². The van der Waals surface area contributed by atoms with Crippen LogP contribution < -0.4 is 0 Å². The van der Waals surface area contributed by atoms with Gasteiger partial charge in [0.2, 0.25) is 0 Å². The highest BCUT2D eigenvalue weighted by Gasteiger charge is 2.15. The minimum atomic E-state index is -0.518. The molecule has 0 radical (unpaired) electrons. The molecule has 6 atom stereocenters. The van der Waals surface area contributed by atoms with Crippen LogP contribution in [-0.4, -0.2) is 12.2 Å². The first kappa shape index (κ1) is 29.3. The van der Waals surface area contributed by atoms with Crippen LogP contribution in [-0.2, 0) is 9.05 Å². The minimum Gasteiger partial charge on any atom is -0.358 e. The van der Waals surface area contributed by atoms with Crippen molar-refractivity contribution in [1.29, 1.82) is 0 Å². The van der Waals surface area contributed by atoms with E-state index in [1.165, 1.54) is 25.7 Å². The Morgan fingerprint density at radius 1 is 0.862 bits per heavy atom. The fourth-order valence-corrected chi connectivity index (χ4v) is 4.45. The van der Waals surface area contributed by atoms with E-state index in [0.29, 0.717) is 5.92 Å². The van der Waals surface area contributed by atoms with E-state index in [9.17, 15) is 0 Å². The van der Waals surface area contributed by atoms with Gasteiger partial charge < -0.3 is 9.05 Å². The minimum absolute atomic E-state index is 0.184. The van der Waals surface area contributed by atoms with Crippen LogP contribution in [0.3, 0.4) is 0 Å². The van der Waals surface area contributed by atoms with Gasteiger partial charge in [0.25, 0.3) is 0 Å². The predicted molar refractivity (Wildman–Crippen MR) is 144 cm³/mol. The summed E-state index contributed by atoms with van der Waals surface area (Å²) < 4.78 is 11.5. The van der Waals surface area contributed by atoms with Crippen molar-refractivity contribution in [3.63, 3.8) is 0 Å². The summed E-state index contributed by atoms with van der Waals surface area (Å²) in [7, 11) is 7.36. The third-order valence-corrected chi connectivity index (χ3v) is 6.02. The first-order chi connectivity index (χ1) is 14.0. The Morgan fingerprint density at radius 2 is 1.52 bits per heavy atom. The summed E-state index contributed by atoms with van der Waals surface area (Å²) in [5.74, 6) is 0.365. The Balaban J connectivity index is 4.38. The third kappa shape index (κ3) is 18.8. The van der Waals surface area contributed by atoms with Gasteiger partial charge in [-0.05, 0) is 19.3 Å². The maximum atomic E-state index is 6.07. The van der Waals surface area contributed by atoms with Gasteiger partial charge in [-0.25, -0.2) is 0 Å².